The van der Waals surface area contributed by atoms with Gasteiger partial charge in [0.2, 0.25) is 0 Å². The third kappa shape index (κ3) is 4.52. The summed E-state index contributed by atoms with van der Waals surface area (Å²) in [7, 11) is 0. The Morgan fingerprint density at radius 1 is 1.50 bits per heavy atom. The molecule has 2 unspecified atom stereocenters. The second-order valence-corrected chi connectivity index (χ2v) is 4.94. The molecule has 3 heteroatoms. The summed E-state index contributed by atoms with van der Waals surface area (Å²) < 4.78 is 4.88. The fraction of sp³-hybridized carbons (Fsp3) is 0.733. The van der Waals surface area contributed by atoms with Gasteiger partial charge in [0, 0.05) is 18.8 Å². The van der Waals surface area contributed by atoms with Crippen molar-refractivity contribution in [1.29, 1.82) is 0 Å². The summed E-state index contributed by atoms with van der Waals surface area (Å²) in [6.07, 6.45) is 11.1. The molecule has 0 amide bonds. The minimum atomic E-state index is -0.270. The predicted molar refractivity (Wildman–Crippen MR) is 69.8 cm³/mol. The molecule has 2 atom stereocenters. The van der Waals surface area contributed by atoms with E-state index >= 15 is 0 Å². The normalized spacial score (nSPS) is 22.8. The van der Waals surface area contributed by atoms with Crippen LogP contribution in [0.5, 0.6) is 0 Å². The van der Waals surface area contributed by atoms with Crippen molar-refractivity contribution in [2.24, 2.45) is 11.8 Å². The lowest BCUT2D eigenvalue weighted by atomic mass is 9.88. The van der Waals surface area contributed by atoms with Crippen LogP contribution in [0, 0.1) is 24.2 Å². The number of carbonyl (C=O) groups excluding carboxylic acids is 2. The van der Waals surface area contributed by atoms with Crippen molar-refractivity contribution in [3.8, 4) is 12.3 Å². The second-order valence-electron chi connectivity index (χ2n) is 4.94. The zero-order valence-corrected chi connectivity index (χ0v) is 11.1. The monoisotopic (exact) mass is 250 g/mol. The highest BCUT2D eigenvalue weighted by Gasteiger charge is 2.35. The average molecular weight is 250 g/mol. The Kier molecular flexibility index (Phi) is 6.49. The fourth-order valence-corrected chi connectivity index (χ4v) is 2.63. The standard InChI is InChI=1S/C15H22O3/c1-3-5-6-7-13-12(8-9-14(13)16)11-15(17)18-10-4-2/h2,12-13H,3,5-11H2,1H3. The molecule has 0 spiro atoms. The van der Waals surface area contributed by atoms with Crippen LogP contribution >= 0.6 is 0 Å². The van der Waals surface area contributed by atoms with Gasteiger partial charge in [0.25, 0.3) is 0 Å². The van der Waals surface area contributed by atoms with E-state index in [4.69, 9.17) is 11.2 Å². The smallest absolute Gasteiger partial charge is 0.307 e. The lowest BCUT2D eigenvalue weighted by Crippen LogP contribution is -2.19. The molecule has 1 rings (SSSR count). The van der Waals surface area contributed by atoms with Crippen LogP contribution in [0.4, 0.5) is 0 Å². The highest BCUT2D eigenvalue weighted by Crippen LogP contribution is 2.35. The van der Waals surface area contributed by atoms with Crippen molar-refractivity contribution in [3.05, 3.63) is 0 Å². The van der Waals surface area contributed by atoms with Gasteiger partial charge in [0.05, 0.1) is 0 Å². The van der Waals surface area contributed by atoms with Crippen molar-refractivity contribution >= 4 is 11.8 Å². The second kappa shape index (κ2) is 7.92. The Labute approximate surface area is 109 Å². The van der Waals surface area contributed by atoms with E-state index in [-0.39, 0.29) is 24.4 Å². The number of carbonyl (C=O) groups is 2. The van der Waals surface area contributed by atoms with Gasteiger partial charge >= 0.3 is 5.97 Å². The van der Waals surface area contributed by atoms with E-state index in [9.17, 15) is 9.59 Å². The zero-order chi connectivity index (χ0) is 13.4. The van der Waals surface area contributed by atoms with Gasteiger partial charge in [0.1, 0.15) is 5.78 Å². The summed E-state index contributed by atoms with van der Waals surface area (Å²) in [5.74, 6) is 2.56. The van der Waals surface area contributed by atoms with E-state index in [1.54, 1.807) is 0 Å². The number of esters is 1. The molecule has 0 heterocycles. The summed E-state index contributed by atoms with van der Waals surface area (Å²) in [4.78, 5) is 23.3. The molecule has 0 aliphatic heterocycles. The van der Waals surface area contributed by atoms with Gasteiger partial charge in [-0.3, -0.25) is 9.59 Å². The molecule has 18 heavy (non-hydrogen) atoms. The molecule has 1 aliphatic rings. The number of hydrogen-bond acceptors (Lipinski definition) is 3. The maximum Gasteiger partial charge on any atom is 0.307 e. The first-order valence-electron chi connectivity index (χ1n) is 6.80. The van der Waals surface area contributed by atoms with Crippen molar-refractivity contribution in [3.63, 3.8) is 0 Å². The Bertz CT molecular complexity index is 327. The molecule has 0 bridgehead atoms. The van der Waals surface area contributed by atoms with Gasteiger partial charge in [-0.15, -0.1) is 6.42 Å². The van der Waals surface area contributed by atoms with Gasteiger partial charge < -0.3 is 4.74 Å². The molecule has 100 valence electrons. The van der Waals surface area contributed by atoms with Gasteiger partial charge in [-0.2, -0.15) is 0 Å². The van der Waals surface area contributed by atoms with Gasteiger partial charge in [-0.25, -0.2) is 0 Å². The molecule has 1 aliphatic carbocycles. The van der Waals surface area contributed by atoms with E-state index in [0.717, 1.165) is 32.1 Å². The molecule has 0 aromatic carbocycles. The molecule has 1 fully saturated rings. The summed E-state index contributed by atoms with van der Waals surface area (Å²) in [6.45, 7) is 2.17. The van der Waals surface area contributed by atoms with E-state index in [1.807, 2.05) is 0 Å². The summed E-state index contributed by atoms with van der Waals surface area (Å²) >= 11 is 0. The van der Waals surface area contributed by atoms with Crippen molar-refractivity contribution in [2.75, 3.05) is 6.61 Å². The first-order valence-corrected chi connectivity index (χ1v) is 6.80. The largest absolute Gasteiger partial charge is 0.452 e. The van der Waals surface area contributed by atoms with Crippen LogP contribution < -0.4 is 0 Å². The van der Waals surface area contributed by atoms with Crippen LogP contribution in [0.15, 0.2) is 0 Å². The van der Waals surface area contributed by atoms with Crippen LogP contribution in [0.3, 0.4) is 0 Å². The van der Waals surface area contributed by atoms with Crippen LogP contribution in [0.2, 0.25) is 0 Å². The quantitative estimate of drug-likeness (QED) is 0.396. The Hall–Kier alpha value is -1.30. The molecule has 0 aromatic rings. The lowest BCUT2D eigenvalue weighted by molar-refractivity contribution is -0.143. The first-order chi connectivity index (χ1) is 8.69. The molecule has 0 aromatic heterocycles. The maximum atomic E-state index is 11.8. The number of unbranched alkanes of at least 4 members (excludes halogenated alkanes) is 2. The maximum absolute atomic E-state index is 11.8. The van der Waals surface area contributed by atoms with Crippen LogP contribution in [-0.2, 0) is 14.3 Å². The van der Waals surface area contributed by atoms with Gasteiger partial charge in [0.15, 0.2) is 6.61 Å². The van der Waals surface area contributed by atoms with E-state index in [0.29, 0.717) is 18.6 Å². The number of hydrogen-bond donors (Lipinski definition) is 0. The third-order valence-corrected chi connectivity index (χ3v) is 3.61. The number of ether oxygens (including phenoxy) is 1. The number of terminal acetylenes is 1. The average Bonchev–Trinajstić information content (AvgIpc) is 2.69. The third-order valence-electron chi connectivity index (χ3n) is 3.61. The number of Topliss-reactive ketones (excluding diaryl/α,β-unsaturated/α-hetero) is 1. The molecular formula is C15H22O3. The van der Waals surface area contributed by atoms with Crippen LogP contribution in [-0.4, -0.2) is 18.4 Å². The van der Waals surface area contributed by atoms with Gasteiger partial charge in [-0.1, -0.05) is 32.1 Å². The van der Waals surface area contributed by atoms with E-state index in [2.05, 4.69) is 12.8 Å². The lowest BCUT2D eigenvalue weighted by Gasteiger charge is -2.17. The fourth-order valence-electron chi connectivity index (χ4n) is 2.63. The molecule has 3 nitrogen and oxygen atoms in total. The Morgan fingerprint density at radius 3 is 2.94 bits per heavy atom. The first kappa shape index (κ1) is 14.8. The minimum Gasteiger partial charge on any atom is -0.452 e. The Balaban J connectivity index is 2.40. The summed E-state index contributed by atoms with van der Waals surface area (Å²) in [5.41, 5.74) is 0. The van der Waals surface area contributed by atoms with Crippen molar-refractivity contribution in [2.45, 2.75) is 51.9 Å². The highest BCUT2D eigenvalue weighted by atomic mass is 16.5. The Morgan fingerprint density at radius 2 is 2.28 bits per heavy atom. The summed E-state index contributed by atoms with van der Waals surface area (Å²) in [5, 5.41) is 0. The van der Waals surface area contributed by atoms with Crippen LogP contribution in [0.25, 0.3) is 0 Å². The number of rotatable bonds is 7. The van der Waals surface area contributed by atoms with Gasteiger partial charge in [-0.05, 0) is 18.8 Å². The molecule has 0 N–H and O–H groups in total. The van der Waals surface area contributed by atoms with E-state index < -0.39 is 0 Å². The zero-order valence-electron chi connectivity index (χ0n) is 11.1. The number of ketones is 1. The molecular weight excluding hydrogens is 228 g/mol. The summed E-state index contributed by atoms with van der Waals surface area (Å²) in [6, 6.07) is 0. The SMILES string of the molecule is C#CCOC(=O)CC1CCC(=O)C1CCCCC. The van der Waals surface area contributed by atoms with E-state index in [1.165, 1.54) is 0 Å². The highest BCUT2D eigenvalue weighted by molar-refractivity contribution is 5.84. The van der Waals surface area contributed by atoms with Crippen LogP contribution in [0.1, 0.15) is 51.9 Å². The van der Waals surface area contributed by atoms with Crippen molar-refractivity contribution in [1.82, 2.24) is 0 Å². The topological polar surface area (TPSA) is 43.4 Å². The minimum absolute atomic E-state index is 0.0278. The predicted octanol–water partition coefficient (Wildman–Crippen LogP) is 2.73. The van der Waals surface area contributed by atoms with Crippen molar-refractivity contribution < 1.29 is 14.3 Å². The molecule has 0 radical (unpaired) electrons. The molecule has 1 saturated carbocycles. The molecule has 0 saturated heterocycles.